The Balaban J connectivity index is 1.84. The average Bonchev–Trinajstić information content (AvgIpc) is 2.71. The van der Waals surface area contributed by atoms with E-state index in [0.717, 1.165) is 35.5 Å². The van der Waals surface area contributed by atoms with Gasteiger partial charge in [0, 0.05) is 45.5 Å². The van der Waals surface area contributed by atoms with Gasteiger partial charge in [0.2, 0.25) is 10.0 Å². The number of ether oxygens (including phenoxy) is 1. The van der Waals surface area contributed by atoms with Crippen LogP contribution in [0.4, 0.5) is 5.69 Å². The Bertz CT molecular complexity index is 921. The summed E-state index contributed by atoms with van der Waals surface area (Å²) in [6.45, 7) is 6.99. The zero-order valence-corrected chi connectivity index (χ0v) is 18.5. The lowest BCUT2D eigenvalue weighted by molar-refractivity contribution is 0.0172. The fraction of sp³-hybridized carbons (Fsp3) is 0.455. The van der Waals surface area contributed by atoms with Crippen molar-refractivity contribution in [2.75, 3.05) is 51.8 Å². The number of aryl methyl sites for hydroxylation is 1. The standard InChI is InChI=1S/C22H31N3O3S/c1-17-6-5-7-22(18(17)2)29(26,27)23-16-21(25-12-14-28-15-13-25)19-8-10-20(11-9-19)24(3)4/h5-11,21,23H,12-16H2,1-4H3. The number of nitrogens with zero attached hydrogens (tertiary/aromatic N) is 2. The first kappa shape index (κ1) is 21.8. The molecule has 0 radical (unpaired) electrons. The highest BCUT2D eigenvalue weighted by Gasteiger charge is 2.26. The highest BCUT2D eigenvalue weighted by atomic mass is 32.2. The third kappa shape index (κ3) is 5.17. The molecule has 6 nitrogen and oxygen atoms in total. The molecule has 1 unspecified atom stereocenters. The number of anilines is 1. The van der Waals surface area contributed by atoms with Gasteiger partial charge in [0.25, 0.3) is 0 Å². The van der Waals surface area contributed by atoms with Crippen LogP contribution >= 0.6 is 0 Å². The van der Waals surface area contributed by atoms with Crippen molar-refractivity contribution in [3.05, 3.63) is 59.2 Å². The lowest BCUT2D eigenvalue weighted by atomic mass is 10.0. The van der Waals surface area contributed by atoms with Gasteiger partial charge in [0.05, 0.1) is 18.1 Å². The Hall–Kier alpha value is -1.93. The van der Waals surface area contributed by atoms with Crippen molar-refractivity contribution in [2.45, 2.75) is 24.8 Å². The summed E-state index contributed by atoms with van der Waals surface area (Å²) in [5.41, 5.74) is 3.97. The maximum Gasteiger partial charge on any atom is 0.240 e. The summed E-state index contributed by atoms with van der Waals surface area (Å²) in [6, 6.07) is 13.6. The highest BCUT2D eigenvalue weighted by molar-refractivity contribution is 7.89. The topological polar surface area (TPSA) is 61.9 Å². The first-order valence-corrected chi connectivity index (χ1v) is 11.4. The molecule has 158 valence electrons. The minimum absolute atomic E-state index is 0.0463. The van der Waals surface area contributed by atoms with Gasteiger partial charge in [-0.05, 0) is 48.7 Å². The summed E-state index contributed by atoms with van der Waals surface area (Å²) in [4.78, 5) is 4.69. The molecule has 3 rings (SSSR count). The summed E-state index contributed by atoms with van der Waals surface area (Å²) in [6.07, 6.45) is 0. The molecule has 0 amide bonds. The van der Waals surface area contributed by atoms with Crippen LogP contribution in [-0.4, -0.2) is 60.3 Å². The molecule has 7 heteroatoms. The molecule has 0 aromatic heterocycles. The van der Waals surface area contributed by atoms with Crippen LogP contribution < -0.4 is 9.62 Å². The Morgan fingerprint density at radius 3 is 2.34 bits per heavy atom. The van der Waals surface area contributed by atoms with Gasteiger partial charge in [0.15, 0.2) is 0 Å². The molecular weight excluding hydrogens is 386 g/mol. The molecule has 1 atom stereocenters. The molecule has 2 aromatic rings. The molecule has 1 saturated heterocycles. The smallest absolute Gasteiger partial charge is 0.240 e. The Morgan fingerprint density at radius 1 is 1.07 bits per heavy atom. The summed E-state index contributed by atoms with van der Waals surface area (Å²) >= 11 is 0. The predicted molar refractivity (Wildman–Crippen MR) is 117 cm³/mol. The van der Waals surface area contributed by atoms with Gasteiger partial charge in [-0.3, -0.25) is 4.90 Å². The third-order valence-electron chi connectivity index (χ3n) is 5.59. The van der Waals surface area contributed by atoms with Crippen molar-refractivity contribution in [2.24, 2.45) is 0 Å². The number of nitrogens with one attached hydrogen (secondary N) is 1. The Kier molecular flexibility index (Phi) is 6.95. The molecule has 1 aliphatic heterocycles. The minimum Gasteiger partial charge on any atom is -0.379 e. The fourth-order valence-electron chi connectivity index (χ4n) is 3.62. The first-order valence-electron chi connectivity index (χ1n) is 9.94. The molecule has 1 fully saturated rings. The van der Waals surface area contributed by atoms with Crippen molar-refractivity contribution in [3.8, 4) is 0 Å². The lowest BCUT2D eigenvalue weighted by Gasteiger charge is -2.35. The van der Waals surface area contributed by atoms with Crippen molar-refractivity contribution in [1.29, 1.82) is 0 Å². The normalized spacial score (nSPS) is 16.6. The number of sulfonamides is 1. The van der Waals surface area contributed by atoms with Gasteiger partial charge in [0.1, 0.15) is 0 Å². The molecular formula is C22H31N3O3S. The molecule has 1 heterocycles. The molecule has 29 heavy (non-hydrogen) atoms. The van der Waals surface area contributed by atoms with E-state index in [9.17, 15) is 8.42 Å². The van der Waals surface area contributed by atoms with Crippen LogP contribution in [0, 0.1) is 13.8 Å². The van der Waals surface area contributed by atoms with Crippen LogP contribution in [0.3, 0.4) is 0 Å². The number of hydrogen-bond donors (Lipinski definition) is 1. The van der Waals surface area contributed by atoms with E-state index in [-0.39, 0.29) is 6.04 Å². The van der Waals surface area contributed by atoms with E-state index < -0.39 is 10.0 Å². The van der Waals surface area contributed by atoms with Gasteiger partial charge in [-0.15, -0.1) is 0 Å². The third-order valence-corrected chi connectivity index (χ3v) is 7.16. The maximum absolute atomic E-state index is 13.0. The molecule has 0 bridgehead atoms. The summed E-state index contributed by atoms with van der Waals surface area (Å²) in [5.74, 6) is 0. The summed E-state index contributed by atoms with van der Waals surface area (Å²) in [5, 5.41) is 0. The Labute approximate surface area is 174 Å². The van der Waals surface area contributed by atoms with E-state index >= 15 is 0 Å². The zero-order valence-electron chi connectivity index (χ0n) is 17.7. The first-order chi connectivity index (χ1) is 13.8. The maximum atomic E-state index is 13.0. The van der Waals surface area contributed by atoms with Crippen LogP contribution in [0.2, 0.25) is 0 Å². The van der Waals surface area contributed by atoms with E-state index in [1.165, 1.54) is 0 Å². The largest absolute Gasteiger partial charge is 0.379 e. The number of benzene rings is 2. The SMILES string of the molecule is Cc1cccc(S(=O)(=O)NCC(c2ccc(N(C)C)cc2)N2CCOCC2)c1C. The second kappa shape index (κ2) is 9.26. The lowest BCUT2D eigenvalue weighted by Crippen LogP contribution is -2.43. The van der Waals surface area contributed by atoms with Crippen LogP contribution in [0.5, 0.6) is 0 Å². The number of rotatable bonds is 7. The van der Waals surface area contributed by atoms with Gasteiger partial charge >= 0.3 is 0 Å². The van der Waals surface area contributed by atoms with Crippen LogP contribution in [0.25, 0.3) is 0 Å². The van der Waals surface area contributed by atoms with E-state index in [0.29, 0.717) is 24.7 Å². The van der Waals surface area contributed by atoms with Crippen LogP contribution in [-0.2, 0) is 14.8 Å². The summed E-state index contributed by atoms with van der Waals surface area (Å²) < 4.78 is 34.4. The van der Waals surface area contributed by atoms with E-state index in [2.05, 4.69) is 38.8 Å². The van der Waals surface area contributed by atoms with Gasteiger partial charge in [-0.1, -0.05) is 24.3 Å². The second-order valence-corrected chi connectivity index (χ2v) is 9.44. The zero-order chi connectivity index (χ0) is 21.0. The Morgan fingerprint density at radius 2 is 1.72 bits per heavy atom. The van der Waals surface area contributed by atoms with Crippen LogP contribution in [0.15, 0.2) is 47.4 Å². The molecule has 0 aliphatic carbocycles. The van der Waals surface area contributed by atoms with Crippen molar-refractivity contribution < 1.29 is 13.2 Å². The van der Waals surface area contributed by atoms with Crippen molar-refractivity contribution >= 4 is 15.7 Å². The summed E-state index contributed by atoms with van der Waals surface area (Å²) in [7, 11) is 0.421. The van der Waals surface area contributed by atoms with Gasteiger partial charge < -0.3 is 9.64 Å². The van der Waals surface area contributed by atoms with Crippen molar-refractivity contribution in [1.82, 2.24) is 9.62 Å². The van der Waals surface area contributed by atoms with Gasteiger partial charge in [-0.2, -0.15) is 0 Å². The molecule has 0 spiro atoms. The quantitative estimate of drug-likeness (QED) is 0.751. The predicted octanol–water partition coefficient (Wildman–Crippen LogP) is 2.72. The number of hydrogen-bond acceptors (Lipinski definition) is 5. The molecule has 1 aliphatic rings. The van der Waals surface area contributed by atoms with E-state index in [1.807, 2.05) is 34.0 Å². The molecule has 0 saturated carbocycles. The van der Waals surface area contributed by atoms with Crippen molar-refractivity contribution in [3.63, 3.8) is 0 Å². The van der Waals surface area contributed by atoms with E-state index in [1.54, 1.807) is 12.1 Å². The molecule has 2 aromatic carbocycles. The van der Waals surface area contributed by atoms with E-state index in [4.69, 9.17) is 4.74 Å². The second-order valence-electron chi connectivity index (χ2n) is 7.70. The molecule has 1 N–H and O–H groups in total. The minimum atomic E-state index is -3.59. The monoisotopic (exact) mass is 417 g/mol. The van der Waals surface area contributed by atoms with Crippen LogP contribution in [0.1, 0.15) is 22.7 Å². The van der Waals surface area contributed by atoms with Gasteiger partial charge in [-0.25, -0.2) is 13.1 Å². The highest BCUT2D eigenvalue weighted by Crippen LogP contribution is 2.25. The fourth-order valence-corrected chi connectivity index (χ4v) is 4.98. The number of morpholine rings is 1. The average molecular weight is 418 g/mol.